The number of anilines is 2. The SMILES string of the molecule is CCCC(=O)N1CCN(c2nc(NC(=O)C3CCCN3C(=O)C(C)CSC(=O)c3ccccc3)c3cc(OC)c(OC)cc3n2)CC1. The van der Waals surface area contributed by atoms with Crippen molar-refractivity contribution >= 4 is 57.3 Å². The third kappa shape index (κ3) is 7.78. The fraction of sp³-hybridized carbons (Fsp3) is 0.471. The highest BCUT2D eigenvalue weighted by Crippen LogP contribution is 2.35. The Labute approximate surface area is 279 Å². The Bertz CT molecular complexity index is 1610. The largest absolute Gasteiger partial charge is 0.493 e. The molecule has 2 aliphatic rings. The number of hydrogen-bond donors (Lipinski definition) is 1. The Hall–Kier alpha value is -4.39. The third-order valence-corrected chi connectivity index (χ3v) is 9.71. The van der Waals surface area contributed by atoms with Crippen molar-refractivity contribution in [3.63, 3.8) is 0 Å². The van der Waals surface area contributed by atoms with Crippen molar-refractivity contribution in [3.05, 3.63) is 48.0 Å². The Balaban J connectivity index is 1.34. The third-order valence-electron chi connectivity index (χ3n) is 8.54. The molecule has 0 saturated carbocycles. The molecule has 0 aliphatic carbocycles. The lowest BCUT2D eigenvalue weighted by Gasteiger charge is -2.35. The predicted octanol–water partition coefficient (Wildman–Crippen LogP) is 4.23. The molecule has 2 fully saturated rings. The van der Waals surface area contributed by atoms with E-state index in [4.69, 9.17) is 19.4 Å². The van der Waals surface area contributed by atoms with Gasteiger partial charge in [0.15, 0.2) is 11.5 Å². The van der Waals surface area contributed by atoms with E-state index >= 15 is 0 Å². The van der Waals surface area contributed by atoms with Gasteiger partial charge in [0, 0.05) is 67.8 Å². The second kappa shape index (κ2) is 15.5. The van der Waals surface area contributed by atoms with Crippen LogP contribution in [-0.2, 0) is 14.4 Å². The van der Waals surface area contributed by atoms with Crippen LogP contribution in [0.2, 0.25) is 0 Å². The molecule has 250 valence electrons. The van der Waals surface area contributed by atoms with Gasteiger partial charge in [-0.2, -0.15) is 4.98 Å². The molecule has 1 aromatic heterocycles. The highest BCUT2D eigenvalue weighted by Gasteiger charge is 2.37. The van der Waals surface area contributed by atoms with Gasteiger partial charge in [0.05, 0.1) is 19.7 Å². The van der Waals surface area contributed by atoms with Gasteiger partial charge in [0.2, 0.25) is 28.8 Å². The molecule has 2 saturated heterocycles. The maximum Gasteiger partial charge on any atom is 0.248 e. The average Bonchev–Trinajstić information content (AvgIpc) is 3.60. The Morgan fingerprint density at radius 3 is 2.36 bits per heavy atom. The van der Waals surface area contributed by atoms with E-state index < -0.39 is 12.0 Å². The summed E-state index contributed by atoms with van der Waals surface area (Å²) in [5.41, 5.74) is 1.15. The van der Waals surface area contributed by atoms with Gasteiger partial charge in [-0.25, -0.2) is 4.98 Å². The molecule has 5 rings (SSSR count). The monoisotopic (exact) mass is 662 g/mol. The smallest absolute Gasteiger partial charge is 0.248 e. The molecule has 13 heteroatoms. The van der Waals surface area contributed by atoms with E-state index in [0.29, 0.717) is 97.5 Å². The van der Waals surface area contributed by atoms with Crippen molar-refractivity contribution in [3.8, 4) is 11.5 Å². The number of nitrogens with zero attached hydrogens (tertiary/aromatic N) is 5. The number of likely N-dealkylation sites (tertiary alicyclic amines) is 1. The summed E-state index contributed by atoms with van der Waals surface area (Å²) < 4.78 is 11.0. The summed E-state index contributed by atoms with van der Waals surface area (Å²) in [4.78, 5) is 67.5. The highest BCUT2D eigenvalue weighted by molar-refractivity contribution is 8.14. The van der Waals surface area contributed by atoms with E-state index in [-0.39, 0.29) is 22.8 Å². The molecule has 0 radical (unpaired) electrons. The van der Waals surface area contributed by atoms with Crippen LogP contribution >= 0.6 is 11.8 Å². The van der Waals surface area contributed by atoms with Crippen LogP contribution in [0.4, 0.5) is 11.8 Å². The summed E-state index contributed by atoms with van der Waals surface area (Å²) in [6, 6.07) is 11.8. The highest BCUT2D eigenvalue weighted by atomic mass is 32.2. The van der Waals surface area contributed by atoms with Gasteiger partial charge < -0.3 is 29.5 Å². The predicted molar refractivity (Wildman–Crippen MR) is 182 cm³/mol. The van der Waals surface area contributed by atoms with Crippen molar-refractivity contribution in [1.29, 1.82) is 0 Å². The second-order valence-electron chi connectivity index (χ2n) is 11.8. The number of thioether (sulfide) groups is 1. The molecule has 0 bridgehead atoms. The number of nitrogens with one attached hydrogen (secondary N) is 1. The number of methoxy groups -OCH3 is 2. The van der Waals surface area contributed by atoms with E-state index in [2.05, 4.69) is 5.32 Å². The van der Waals surface area contributed by atoms with Crippen molar-refractivity contribution in [2.45, 2.75) is 45.6 Å². The molecule has 3 amide bonds. The average molecular weight is 663 g/mol. The zero-order valence-corrected chi connectivity index (χ0v) is 28.2. The Kier molecular flexibility index (Phi) is 11.2. The van der Waals surface area contributed by atoms with Gasteiger partial charge in [-0.15, -0.1) is 0 Å². The summed E-state index contributed by atoms with van der Waals surface area (Å²) in [7, 11) is 3.08. The number of fused-ring (bicyclic) bond motifs is 1. The normalized spacial score (nSPS) is 17.0. The minimum Gasteiger partial charge on any atom is -0.493 e. The van der Waals surface area contributed by atoms with Crippen molar-refractivity contribution in [1.82, 2.24) is 19.8 Å². The lowest BCUT2D eigenvalue weighted by atomic mass is 10.1. The van der Waals surface area contributed by atoms with E-state index in [1.54, 1.807) is 43.2 Å². The maximum atomic E-state index is 13.9. The minimum absolute atomic E-state index is 0.0894. The topological polar surface area (TPSA) is 134 Å². The molecule has 47 heavy (non-hydrogen) atoms. The van der Waals surface area contributed by atoms with Gasteiger partial charge >= 0.3 is 0 Å². The standard InChI is InChI=1S/C34H42N6O6S/c1-5-10-29(41)38-15-17-39(18-16-38)34-35-25-20-28(46-4)27(45-3)19-24(25)30(37-34)36-31(42)26-13-9-14-40(26)32(43)22(2)21-47-33(44)23-11-7-6-8-12-23/h6-8,11-12,19-20,22,26H,5,9-10,13-18,21H2,1-4H3,(H,35,36,37,42). The first-order chi connectivity index (χ1) is 22.7. The molecule has 1 N–H and O–H groups in total. The molecule has 2 aromatic carbocycles. The number of aromatic nitrogens is 2. The lowest BCUT2D eigenvalue weighted by Crippen LogP contribution is -2.49. The molecule has 2 unspecified atom stereocenters. The molecular weight excluding hydrogens is 620 g/mol. The Morgan fingerprint density at radius 1 is 0.979 bits per heavy atom. The second-order valence-corrected chi connectivity index (χ2v) is 12.8. The number of amides is 3. The maximum absolute atomic E-state index is 13.9. The van der Waals surface area contributed by atoms with E-state index in [1.807, 2.05) is 34.9 Å². The molecule has 2 aliphatic heterocycles. The van der Waals surface area contributed by atoms with E-state index in [1.165, 1.54) is 7.11 Å². The number of benzene rings is 2. The molecule has 3 heterocycles. The number of rotatable bonds is 11. The van der Waals surface area contributed by atoms with Gasteiger partial charge in [-0.3, -0.25) is 19.2 Å². The number of hydrogen-bond acceptors (Lipinski definition) is 10. The van der Waals surface area contributed by atoms with Gasteiger partial charge in [-0.1, -0.05) is 55.9 Å². The fourth-order valence-electron chi connectivity index (χ4n) is 5.92. The molecule has 2 atom stereocenters. The van der Waals surface area contributed by atoms with Crippen LogP contribution in [-0.4, -0.2) is 101 Å². The van der Waals surface area contributed by atoms with Crippen LogP contribution < -0.4 is 19.7 Å². The van der Waals surface area contributed by atoms with Crippen LogP contribution in [0.25, 0.3) is 10.9 Å². The lowest BCUT2D eigenvalue weighted by molar-refractivity contribution is -0.139. The molecule has 0 spiro atoms. The van der Waals surface area contributed by atoms with Crippen molar-refractivity contribution in [2.75, 3.05) is 62.9 Å². The van der Waals surface area contributed by atoms with Gasteiger partial charge in [0.25, 0.3) is 0 Å². The number of carbonyl (C=O) groups is 4. The summed E-state index contributed by atoms with van der Waals surface area (Å²) in [5, 5.41) is 3.48. The minimum atomic E-state index is -0.679. The summed E-state index contributed by atoms with van der Waals surface area (Å²) in [6.07, 6.45) is 2.53. The summed E-state index contributed by atoms with van der Waals surface area (Å²) in [5.74, 6) is 1.18. The first-order valence-electron chi connectivity index (χ1n) is 16.0. The fourth-order valence-corrected chi connectivity index (χ4v) is 6.77. The first-order valence-corrected chi connectivity index (χ1v) is 17.0. The van der Waals surface area contributed by atoms with E-state index in [0.717, 1.165) is 18.2 Å². The van der Waals surface area contributed by atoms with Crippen LogP contribution in [0.3, 0.4) is 0 Å². The summed E-state index contributed by atoms with van der Waals surface area (Å²) >= 11 is 1.11. The van der Waals surface area contributed by atoms with Crippen molar-refractivity contribution < 1.29 is 28.7 Å². The zero-order chi connectivity index (χ0) is 33.5. The van der Waals surface area contributed by atoms with Gasteiger partial charge in [0.1, 0.15) is 11.9 Å². The first kappa shape index (κ1) is 34.0. The Morgan fingerprint density at radius 2 is 1.68 bits per heavy atom. The number of carbonyl (C=O) groups excluding carboxylic acids is 4. The van der Waals surface area contributed by atoms with Crippen LogP contribution in [0.15, 0.2) is 42.5 Å². The van der Waals surface area contributed by atoms with Crippen LogP contribution in [0, 0.1) is 5.92 Å². The van der Waals surface area contributed by atoms with Crippen molar-refractivity contribution in [2.24, 2.45) is 5.92 Å². The van der Waals surface area contributed by atoms with E-state index in [9.17, 15) is 19.2 Å². The van der Waals surface area contributed by atoms with Gasteiger partial charge in [-0.05, 0) is 25.3 Å². The summed E-state index contributed by atoms with van der Waals surface area (Å²) in [6.45, 7) is 6.46. The van der Waals surface area contributed by atoms with Crippen LogP contribution in [0.1, 0.15) is 49.9 Å². The number of ether oxygens (including phenoxy) is 2. The molecule has 3 aromatic rings. The molecule has 12 nitrogen and oxygen atoms in total. The zero-order valence-electron chi connectivity index (χ0n) is 27.4. The molecular formula is C34H42N6O6S. The quantitative estimate of drug-likeness (QED) is 0.318. The number of piperazine rings is 1. The van der Waals surface area contributed by atoms with Crippen LogP contribution in [0.5, 0.6) is 11.5 Å².